The fraction of sp³-hybridized carbons (Fsp3) is 0.562. The Morgan fingerprint density at radius 1 is 1.38 bits per heavy atom. The molecule has 4 nitrogen and oxygen atoms in total. The highest BCUT2D eigenvalue weighted by Crippen LogP contribution is 2.21. The third kappa shape index (κ3) is 3.47. The number of hydrogen-bond acceptors (Lipinski definition) is 3. The number of piperidine rings is 1. The fourth-order valence-corrected chi connectivity index (χ4v) is 3.32. The number of nitrogens with one attached hydrogen (secondary N) is 1. The van der Waals surface area contributed by atoms with Crippen LogP contribution in [-0.4, -0.2) is 35.4 Å². The van der Waals surface area contributed by atoms with Crippen molar-refractivity contribution in [2.75, 3.05) is 19.7 Å². The second-order valence-corrected chi connectivity index (χ2v) is 6.39. The van der Waals surface area contributed by atoms with E-state index in [0.29, 0.717) is 6.10 Å². The second-order valence-electron chi connectivity index (χ2n) is 5.48. The summed E-state index contributed by atoms with van der Waals surface area (Å²) in [5.74, 6) is 1.12. The van der Waals surface area contributed by atoms with Gasteiger partial charge < -0.3 is 14.6 Å². The van der Waals surface area contributed by atoms with Crippen molar-refractivity contribution in [3.63, 3.8) is 0 Å². The molecular formula is C16H22BrN3O. The molecular weight excluding hydrogens is 330 g/mol. The van der Waals surface area contributed by atoms with E-state index >= 15 is 0 Å². The molecule has 1 aromatic heterocycles. The van der Waals surface area contributed by atoms with E-state index < -0.39 is 0 Å². The smallest absolute Gasteiger partial charge is 0.112 e. The molecule has 1 aromatic carbocycles. The zero-order valence-electron chi connectivity index (χ0n) is 12.4. The summed E-state index contributed by atoms with van der Waals surface area (Å²) in [6.45, 7) is 6.02. The molecule has 0 spiro atoms. The summed E-state index contributed by atoms with van der Waals surface area (Å²) < 4.78 is 9.37. The first-order chi connectivity index (χ1) is 10.3. The number of imidazole rings is 1. The second kappa shape index (κ2) is 6.90. The number of ether oxygens (including phenoxy) is 1. The van der Waals surface area contributed by atoms with Crippen LogP contribution in [0.4, 0.5) is 0 Å². The maximum absolute atomic E-state index is 6.00. The maximum atomic E-state index is 6.00. The minimum atomic E-state index is 0.417. The first kappa shape index (κ1) is 15.0. The van der Waals surface area contributed by atoms with Gasteiger partial charge in [0.15, 0.2) is 0 Å². The van der Waals surface area contributed by atoms with Gasteiger partial charge >= 0.3 is 0 Å². The number of rotatable bonds is 5. The van der Waals surface area contributed by atoms with Gasteiger partial charge in [0, 0.05) is 17.4 Å². The monoisotopic (exact) mass is 351 g/mol. The summed E-state index contributed by atoms with van der Waals surface area (Å²) in [5, 5.41) is 3.36. The highest BCUT2D eigenvalue weighted by Gasteiger charge is 2.14. The molecule has 1 N–H and O–H groups in total. The summed E-state index contributed by atoms with van der Waals surface area (Å²) in [6, 6.07) is 6.29. The van der Waals surface area contributed by atoms with Crippen molar-refractivity contribution >= 4 is 27.0 Å². The van der Waals surface area contributed by atoms with E-state index in [9.17, 15) is 0 Å². The molecule has 0 aliphatic carbocycles. The van der Waals surface area contributed by atoms with Crippen molar-refractivity contribution in [1.82, 2.24) is 14.9 Å². The molecule has 1 aliphatic rings. The van der Waals surface area contributed by atoms with Crippen molar-refractivity contribution in [2.45, 2.75) is 38.8 Å². The van der Waals surface area contributed by atoms with E-state index in [0.717, 1.165) is 61.3 Å². The van der Waals surface area contributed by atoms with E-state index in [2.05, 4.69) is 50.9 Å². The van der Waals surface area contributed by atoms with Gasteiger partial charge in [-0.05, 0) is 51.1 Å². The average Bonchev–Trinajstić information content (AvgIpc) is 2.84. The van der Waals surface area contributed by atoms with Gasteiger partial charge in [-0.1, -0.05) is 15.9 Å². The Hall–Kier alpha value is -0.910. The Labute approximate surface area is 134 Å². The molecule has 1 saturated heterocycles. The van der Waals surface area contributed by atoms with Crippen LogP contribution >= 0.6 is 15.9 Å². The number of nitrogens with zero attached hydrogens (tertiary/aromatic N) is 2. The number of hydrogen-bond donors (Lipinski definition) is 1. The summed E-state index contributed by atoms with van der Waals surface area (Å²) in [4.78, 5) is 4.77. The fourth-order valence-electron chi connectivity index (χ4n) is 2.98. The first-order valence-corrected chi connectivity index (χ1v) is 8.54. The molecule has 21 heavy (non-hydrogen) atoms. The molecule has 0 bridgehead atoms. The lowest BCUT2D eigenvalue weighted by Gasteiger charge is -2.22. The molecule has 0 unspecified atom stereocenters. The molecule has 0 saturated carbocycles. The Balaban J connectivity index is 1.68. The molecule has 5 heteroatoms. The predicted octanol–water partition coefficient (Wildman–Crippen LogP) is 3.13. The minimum absolute atomic E-state index is 0.417. The third-order valence-corrected chi connectivity index (χ3v) is 4.56. The van der Waals surface area contributed by atoms with Crippen molar-refractivity contribution < 1.29 is 4.74 Å². The van der Waals surface area contributed by atoms with Crippen LogP contribution in [0.5, 0.6) is 0 Å². The Kier molecular flexibility index (Phi) is 4.93. The molecule has 0 amide bonds. The van der Waals surface area contributed by atoms with Crippen LogP contribution in [0.2, 0.25) is 0 Å². The van der Waals surface area contributed by atoms with Gasteiger partial charge in [0.1, 0.15) is 5.82 Å². The maximum Gasteiger partial charge on any atom is 0.112 e. The SMILES string of the molecule is CCn1c(CCOC2CCNCC2)nc2cc(Br)ccc21. The van der Waals surface area contributed by atoms with E-state index in [1.54, 1.807) is 0 Å². The van der Waals surface area contributed by atoms with Gasteiger partial charge in [-0.15, -0.1) is 0 Å². The summed E-state index contributed by atoms with van der Waals surface area (Å²) >= 11 is 3.51. The van der Waals surface area contributed by atoms with Crippen molar-refractivity contribution in [1.29, 1.82) is 0 Å². The van der Waals surface area contributed by atoms with Crippen LogP contribution in [0.15, 0.2) is 22.7 Å². The third-order valence-electron chi connectivity index (χ3n) is 4.07. The average molecular weight is 352 g/mol. The van der Waals surface area contributed by atoms with Crippen LogP contribution in [0.25, 0.3) is 11.0 Å². The largest absolute Gasteiger partial charge is 0.378 e. The minimum Gasteiger partial charge on any atom is -0.378 e. The van der Waals surface area contributed by atoms with Crippen LogP contribution < -0.4 is 5.32 Å². The first-order valence-electron chi connectivity index (χ1n) is 7.75. The quantitative estimate of drug-likeness (QED) is 0.899. The molecule has 1 aliphatic heterocycles. The van der Waals surface area contributed by atoms with E-state index in [1.165, 1.54) is 5.52 Å². The Morgan fingerprint density at radius 3 is 2.95 bits per heavy atom. The van der Waals surface area contributed by atoms with Crippen LogP contribution in [-0.2, 0) is 17.7 Å². The number of aryl methyl sites for hydroxylation is 1. The summed E-state index contributed by atoms with van der Waals surface area (Å²) in [6.07, 6.45) is 3.54. The number of aromatic nitrogens is 2. The van der Waals surface area contributed by atoms with Crippen molar-refractivity contribution in [2.24, 2.45) is 0 Å². The molecule has 114 valence electrons. The number of benzene rings is 1. The number of fused-ring (bicyclic) bond motifs is 1. The van der Waals surface area contributed by atoms with Crippen LogP contribution in [0.3, 0.4) is 0 Å². The predicted molar refractivity (Wildman–Crippen MR) is 88.7 cm³/mol. The lowest BCUT2D eigenvalue weighted by molar-refractivity contribution is 0.0340. The molecule has 1 fully saturated rings. The lowest BCUT2D eigenvalue weighted by atomic mass is 10.1. The summed E-state index contributed by atoms with van der Waals surface area (Å²) in [7, 11) is 0. The molecule has 0 radical (unpaired) electrons. The van der Waals surface area contributed by atoms with E-state index in [4.69, 9.17) is 9.72 Å². The van der Waals surface area contributed by atoms with Gasteiger partial charge in [0.25, 0.3) is 0 Å². The van der Waals surface area contributed by atoms with Gasteiger partial charge in [-0.25, -0.2) is 4.98 Å². The number of halogens is 1. The van der Waals surface area contributed by atoms with E-state index in [1.807, 2.05) is 0 Å². The highest BCUT2D eigenvalue weighted by molar-refractivity contribution is 9.10. The van der Waals surface area contributed by atoms with Crippen molar-refractivity contribution in [3.05, 3.63) is 28.5 Å². The molecule has 2 aromatic rings. The standard InChI is InChI=1S/C16H22BrN3O/c1-2-20-15-4-3-12(17)11-14(15)19-16(20)7-10-21-13-5-8-18-9-6-13/h3-4,11,13,18H,2,5-10H2,1H3. The van der Waals surface area contributed by atoms with Crippen LogP contribution in [0.1, 0.15) is 25.6 Å². The Morgan fingerprint density at radius 2 is 2.19 bits per heavy atom. The lowest BCUT2D eigenvalue weighted by Crippen LogP contribution is -2.32. The van der Waals surface area contributed by atoms with Crippen molar-refractivity contribution in [3.8, 4) is 0 Å². The Bertz CT molecular complexity index is 605. The van der Waals surface area contributed by atoms with Gasteiger partial charge in [0.2, 0.25) is 0 Å². The molecule has 2 heterocycles. The molecule has 0 atom stereocenters. The van der Waals surface area contributed by atoms with Crippen LogP contribution in [0, 0.1) is 0 Å². The zero-order valence-corrected chi connectivity index (χ0v) is 14.0. The van der Waals surface area contributed by atoms with Gasteiger partial charge in [0.05, 0.1) is 23.7 Å². The highest BCUT2D eigenvalue weighted by atomic mass is 79.9. The van der Waals surface area contributed by atoms with Gasteiger partial charge in [-0.3, -0.25) is 0 Å². The topological polar surface area (TPSA) is 39.1 Å². The summed E-state index contributed by atoms with van der Waals surface area (Å²) in [5.41, 5.74) is 2.26. The normalized spacial score (nSPS) is 16.7. The molecule has 3 rings (SSSR count). The van der Waals surface area contributed by atoms with E-state index in [-0.39, 0.29) is 0 Å². The van der Waals surface area contributed by atoms with Gasteiger partial charge in [-0.2, -0.15) is 0 Å². The zero-order chi connectivity index (χ0) is 14.7.